The van der Waals surface area contributed by atoms with Crippen LogP contribution in [0.2, 0.25) is 0 Å². The molecule has 28 heavy (non-hydrogen) atoms. The SMILES string of the molecule is CS(=O)(=O)c1ccc(C(=O)Nc2nc3ccccc3s2)s1.O=C(O)C(F)(F)F. The molecule has 1 amide bonds. The average Bonchev–Trinajstić information content (AvgIpc) is 3.20. The van der Waals surface area contributed by atoms with Gasteiger partial charge in [-0.3, -0.25) is 10.1 Å². The Balaban J connectivity index is 0.000000345. The number of carboxylic acids is 1. The van der Waals surface area contributed by atoms with E-state index in [9.17, 15) is 26.4 Å². The molecule has 2 N–H and O–H groups in total. The molecule has 2 heterocycles. The first kappa shape index (κ1) is 21.8. The number of halogens is 3. The summed E-state index contributed by atoms with van der Waals surface area (Å²) in [5.41, 5.74) is 0.820. The molecule has 0 spiro atoms. The number of aromatic nitrogens is 1. The zero-order valence-electron chi connectivity index (χ0n) is 13.9. The van der Waals surface area contributed by atoms with Crippen LogP contribution < -0.4 is 5.32 Å². The van der Waals surface area contributed by atoms with Crippen LogP contribution >= 0.6 is 22.7 Å². The van der Waals surface area contributed by atoms with Crippen molar-refractivity contribution in [3.8, 4) is 0 Å². The second-order valence-corrected chi connectivity index (χ2v) is 9.49. The van der Waals surface area contributed by atoms with Crippen LogP contribution in [0.4, 0.5) is 18.3 Å². The van der Waals surface area contributed by atoms with Gasteiger partial charge in [0.2, 0.25) is 0 Å². The first-order chi connectivity index (χ1) is 12.9. The van der Waals surface area contributed by atoms with Crippen LogP contribution in [0.15, 0.2) is 40.6 Å². The molecule has 0 bridgehead atoms. The molecule has 0 aliphatic heterocycles. The second-order valence-electron chi connectivity index (χ2n) is 5.13. The van der Waals surface area contributed by atoms with Gasteiger partial charge in [-0.05, 0) is 24.3 Å². The van der Waals surface area contributed by atoms with Gasteiger partial charge in [0.05, 0.1) is 15.1 Å². The number of hydrogen-bond acceptors (Lipinski definition) is 7. The largest absolute Gasteiger partial charge is 0.490 e. The summed E-state index contributed by atoms with van der Waals surface area (Å²) < 4.78 is 55.7. The standard InChI is InChI=1S/C13H10N2O3S3.C2HF3O2/c1-21(17,18)11-7-6-10(19-11)12(16)15-13-14-8-4-2-3-5-9(8)20-13;3-2(4,5)1(6)7/h2-7H,1H3,(H,14,15,16);(H,6,7). The lowest BCUT2D eigenvalue weighted by atomic mass is 10.3. The number of carbonyl (C=O) groups is 2. The molecule has 2 aromatic heterocycles. The fourth-order valence-corrected chi connectivity index (χ4v) is 4.41. The van der Waals surface area contributed by atoms with Crippen molar-refractivity contribution in [2.24, 2.45) is 0 Å². The highest BCUT2D eigenvalue weighted by Crippen LogP contribution is 2.27. The van der Waals surface area contributed by atoms with E-state index < -0.39 is 22.0 Å². The summed E-state index contributed by atoms with van der Waals surface area (Å²) in [4.78, 5) is 25.6. The summed E-state index contributed by atoms with van der Waals surface area (Å²) in [6.07, 6.45) is -3.96. The number of nitrogens with zero attached hydrogens (tertiary/aromatic N) is 1. The van der Waals surface area contributed by atoms with Crippen LogP contribution in [-0.2, 0) is 14.6 Å². The van der Waals surface area contributed by atoms with E-state index in [1.165, 1.54) is 23.5 Å². The lowest BCUT2D eigenvalue weighted by molar-refractivity contribution is -0.192. The fourth-order valence-electron chi connectivity index (χ4n) is 1.73. The molecule has 0 aliphatic rings. The van der Waals surface area contributed by atoms with Gasteiger partial charge in [-0.2, -0.15) is 13.2 Å². The molecule has 150 valence electrons. The number of hydrogen-bond donors (Lipinski definition) is 2. The maximum absolute atomic E-state index is 12.1. The smallest absolute Gasteiger partial charge is 0.475 e. The lowest BCUT2D eigenvalue weighted by Crippen LogP contribution is -2.21. The maximum atomic E-state index is 12.1. The highest BCUT2D eigenvalue weighted by molar-refractivity contribution is 7.92. The minimum absolute atomic E-state index is 0.178. The van der Waals surface area contributed by atoms with E-state index in [4.69, 9.17) is 9.90 Å². The number of carboxylic acid groups (broad SMARTS) is 1. The Hall–Kier alpha value is -2.51. The van der Waals surface area contributed by atoms with Gasteiger partial charge in [0.15, 0.2) is 15.0 Å². The van der Waals surface area contributed by atoms with E-state index in [1.54, 1.807) is 0 Å². The molecule has 0 radical (unpaired) electrons. The molecule has 0 saturated heterocycles. The Labute approximate surface area is 164 Å². The van der Waals surface area contributed by atoms with E-state index >= 15 is 0 Å². The third-order valence-electron chi connectivity index (χ3n) is 2.93. The highest BCUT2D eigenvalue weighted by atomic mass is 32.2. The summed E-state index contributed by atoms with van der Waals surface area (Å²) in [5.74, 6) is -3.11. The van der Waals surface area contributed by atoms with Gasteiger partial charge in [0, 0.05) is 6.26 Å². The normalized spacial score (nSPS) is 11.6. The van der Waals surface area contributed by atoms with Crippen LogP contribution in [0.25, 0.3) is 10.2 Å². The van der Waals surface area contributed by atoms with Crippen LogP contribution in [-0.4, -0.2) is 42.8 Å². The molecule has 0 aliphatic carbocycles. The van der Waals surface area contributed by atoms with Crippen LogP contribution in [0.5, 0.6) is 0 Å². The molecule has 13 heteroatoms. The molecular weight excluding hydrogens is 441 g/mol. The van der Waals surface area contributed by atoms with Gasteiger partial charge < -0.3 is 5.11 Å². The monoisotopic (exact) mass is 452 g/mol. The second kappa shape index (κ2) is 8.24. The molecule has 0 fully saturated rings. The van der Waals surface area contributed by atoms with Gasteiger partial charge in [0.25, 0.3) is 5.91 Å². The van der Waals surface area contributed by atoms with Crippen molar-refractivity contribution < 1.29 is 36.3 Å². The Morgan fingerprint density at radius 1 is 1.11 bits per heavy atom. The summed E-state index contributed by atoms with van der Waals surface area (Å²) in [6.45, 7) is 0. The third kappa shape index (κ3) is 5.74. The Morgan fingerprint density at radius 2 is 1.71 bits per heavy atom. The van der Waals surface area contributed by atoms with E-state index in [0.717, 1.165) is 27.8 Å². The number of sulfone groups is 1. The Morgan fingerprint density at radius 3 is 2.21 bits per heavy atom. The summed E-state index contributed by atoms with van der Waals surface area (Å²) >= 11 is 2.33. The number of para-hydroxylation sites is 1. The first-order valence-electron chi connectivity index (χ1n) is 7.15. The topological polar surface area (TPSA) is 113 Å². The van der Waals surface area contributed by atoms with E-state index in [0.29, 0.717) is 10.0 Å². The van der Waals surface area contributed by atoms with Gasteiger partial charge in [-0.15, -0.1) is 11.3 Å². The number of carbonyl (C=O) groups excluding carboxylic acids is 1. The summed E-state index contributed by atoms with van der Waals surface area (Å²) in [5, 5.41) is 10.3. The van der Waals surface area contributed by atoms with E-state index in [-0.39, 0.29) is 10.1 Å². The first-order valence-corrected chi connectivity index (χ1v) is 10.7. The quantitative estimate of drug-likeness (QED) is 0.627. The minimum atomic E-state index is -5.08. The number of thiazole rings is 1. The highest BCUT2D eigenvalue weighted by Gasteiger charge is 2.38. The molecular formula is C15H11F3N2O5S3. The van der Waals surface area contributed by atoms with Crippen molar-refractivity contribution in [1.82, 2.24) is 4.98 Å². The maximum Gasteiger partial charge on any atom is 0.490 e. The number of rotatable bonds is 3. The zero-order valence-corrected chi connectivity index (χ0v) is 16.3. The van der Waals surface area contributed by atoms with E-state index in [1.807, 2.05) is 24.3 Å². The molecule has 1 aromatic carbocycles. The molecule has 0 atom stereocenters. The number of nitrogens with one attached hydrogen (secondary N) is 1. The third-order valence-corrected chi connectivity index (χ3v) is 6.78. The number of amides is 1. The summed E-state index contributed by atoms with van der Waals surface area (Å²) in [7, 11) is -3.28. The molecule has 0 saturated carbocycles. The lowest BCUT2D eigenvalue weighted by Gasteiger charge is -1.97. The molecule has 3 aromatic rings. The van der Waals surface area contributed by atoms with Crippen LogP contribution in [0.3, 0.4) is 0 Å². The van der Waals surface area contributed by atoms with Crippen molar-refractivity contribution in [2.45, 2.75) is 10.4 Å². The Bertz CT molecular complexity index is 1090. The van der Waals surface area contributed by atoms with Crippen molar-refractivity contribution in [1.29, 1.82) is 0 Å². The Kier molecular flexibility index (Phi) is 6.41. The predicted octanol–water partition coefficient (Wildman–Crippen LogP) is 3.65. The number of aliphatic carboxylic acids is 1. The molecule has 7 nitrogen and oxygen atoms in total. The van der Waals surface area contributed by atoms with Gasteiger partial charge in [-0.25, -0.2) is 18.2 Å². The summed E-state index contributed by atoms with van der Waals surface area (Å²) in [6, 6.07) is 10.5. The molecule has 3 rings (SSSR count). The van der Waals surface area contributed by atoms with Gasteiger partial charge in [0.1, 0.15) is 4.21 Å². The predicted molar refractivity (Wildman–Crippen MR) is 98.7 cm³/mol. The van der Waals surface area contributed by atoms with Gasteiger partial charge in [-0.1, -0.05) is 23.5 Å². The fraction of sp³-hybridized carbons (Fsp3) is 0.133. The van der Waals surface area contributed by atoms with Crippen LogP contribution in [0, 0.1) is 0 Å². The van der Waals surface area contributed by atoms with Gasteiger partial charge >= 0.3 is 12.1 Å². The number of alkyl halides is 3. The number of benzene rings is 1. The number of thiophene rings is 1. The van der Waals surface area contributed by atoms with Crippen molar-refractivity contribution in [2.75, 3.05) is 11.6 Å². The average molecular weight is 452 g/mol. The minimum Gasteiger partial charge on any atom is -0.475 e. The molecule has 0 unspecified atom stereocenters. The van der Waals surface area contributed by atoms with Crippen molar-refractivity contribution in [3.05, 3.63) is 41.3 Å². The van der Waals surface area contributed by atoms with Crippen molar-refractivity contribution >= 4 is 59.7 Å². The van der Waals surface area contributed by atoms with Crippen molar-refractivity contribution in [3.63, 3.8) is 0 Å². The number of anilines is 1. The van der Waals surface area contributed by atoms with E-state index in [2.05, 4.69) is 10.3 Å². The zero-order chi connectivity index (χ0) is 21.1. The van der Waals surface area contributed by atoms with Crippen LogP contribution in [0.1, 0.15) is 9.67 Å². The number of fused-ring (bicyclic) bond motifs is 1.